The summed E-state index contributed by atoms with van der Waals surface area (Å²) in [7, 11) is -3.11. The summed E-state index contributed by atoms with van der Waals surface area (Å²) in [6.07, 6.45) is 4.33. The van der Waals surface area contributed by atoms with Crippen molar-refractivity contribution in [1.29, 1.82) is 0 Å². The molecule has 0 aliphatic heterocycles. The molecule has 2 rings (SSSR count). The number of ether oxygens (including phenoxy) is 1. The van der Waals surface area contributed by atoms with Crippen LogP contribution in [-0.4, -0.2) is 38.5 Å². The van der Waals surface area contributed by atoms with Crippen LogP contribution in [0.3, 0.4) is 0 Å². The lowest BCUT2D eigenvalue weighted by molar-refractivity contribution is -0.158. The SMILES string of the molecule is CC1(C)C2CC[C@]1(C)C(OC(=O)[C@@H](N)CCS(C)(=O)=O)C2. The first kappa shape index (κ1) is 16.7. The van der Waals surface area contributed by atoms with Crippen molar-refractivity contribution in [1.82, 2.24) is 0 Å². The molecule has 122 valence electrons. The van der Waals surface area contributed by atoms with E-state index in [4.69, 9.17) is 10.5 Å². The lowest BCUT2D eigenvalue weighted by Crippen LogP contribution is -2.42. The number of fused-ring (bicyclic) bond motifs is 2. The molecule has 0 aromatic carbocycles. The second kappa shape index (κ2) is 5.23. The van der Waals surface area contributed by atoms with Gasteiger partial charge in [-0.05, 0) is 37.0 Å². The van der Waals surface area contributed by atoms with E-state index >= 15 is 0 Å². The highest BCUT2D eigenvalue weighted by Gasteiger charge is 2.62. The van der Waals surface area contributed by atoms with Gasteiger partial charge in [0.1, 0.15) is 22.0 Å². The summed E-state index contributed by atoms with van der Waals surface area (Å²) in [4.78, 5) is 12.1. The number of sulfone groups is 1. The van der Waals surface area contributed by atoms with E-state index < -0.39 is 21.8 Å². The highest BCUT2D eigenvalue weighted by Crippen LogP contribution is 2.66. The van der Waals surface area contributed by atoms with Crippen LogP contribution in [0.5, 0.6) is 0 Å². The van der Waals surface area contributed by atoms with Crippen molar-refractivity contribution >= 4 is 15.8 Å². The minimum absolute atomic E-state index is 0.00385. The first-order valence-corrected chi connectivity index (χ1v) is 9.67. The van der Waals surface area contributed by atoms with Crippen molar-refractivity contribution in [2.75, 3.05) is 12.0 Å². The van der Waals surface area contributed by atoms with Crippen molar-refractivity contribution in [3.05, 3.63) is 0 Å². The molecule has 2 N–H and O–H groups in total. The molecule has 6 heteroatoms. The number of carbonyl (C=O) groups excluding carboxylic acids is 1. The fourth-order valence-electron chi connectivity index (χ4n) is 3.99. The van der Waals surface area contributed by atoms with Crippen molar-refractivity contribution < 1.29 is 17.9 Å². The Labute approximate surface area is 127 Å². The van der Waals surface area contributed by atoms with Gasteiger partial charge in [0.2, 0.25) is 0 Å². The normalized spacial score (nSPS) is 35.7. The predicted molar refractivity (Wildman–Crippen MR) is 81.4 cm³/mol. The van der Waals surface area contributed by atoms with Crippen LogP contribution in [-0.2, 0) is 19.4 Å². The minimum atomic E-state index is -3.11. The molecule has 2 bridgehead atoms. The number of carbonyl (C=O) groups is 1. The maximum Gasteiger partial charge on any atom is 0.323 e. The molecule has 2 aliphatic carbocycles. The summed E-state index contributed by atoms with van der Waals surface area (Å²) in [5.74, 6) is 0.0417. The number of hydrogen-bond acceptors (Lipinski definition) is 5. The molecule has 0 aromatic heterocycles. The van der Waals surface area contributed by atoms with Gasteiger partial charge in [-0.2, -0.15) is 0 Å². The molecule has 0 radical (unpaired) electrons. The Hall–Kier alpha value is -0.620. The monoisotopic (exact) mass is 317 g/mol. The molecule has 2 fully saturated rings. The number of rotatable bonds is 5. The zero-order valence-corrected chi connectivity index (χ0v) is 14.2. The van der Waals surface area contributed by atoms with Crippen LogP contribution in [0, 0.1) is 16.7 Å². The molecule has 2 unspecified atom stereocenters. The summed E-state index contributed by atoms with van der Waals surface area (Å²) in [6.45, 7) is 6.70. The van der Waals surface area contributed by atoms with Crippen LogP contribution in [0.2, 0.25) is 0 Å². The number of esters is 1. The molecular weight excluding hydrogens is 290 g/mol. The largest absolute Gasteiger partial charge is 0.461 e. The molecule has 2 aliphatic rings. The Kier molecular flexibility index (Phi) is 4.17. The van der Waals surface area contributed by atoms with E-state index in [9.17, 15) is 13.2 Å². The maximum atomic E-state index is 12.1. The zero-order chi connectivity index (χ0) is 16.1. The first-order chi connectivity index (χ1) is 9.47. The van der Waals surface area contributed by atoms with E-state index in [1.165, 1.54) is 6.42 Å². The van der Waals surface area contributed by atoms with Crippen LogP contribution in [0.1, 0.15) is 46.5 Å². The van der Waals surface area contributed by atoms with Gasteiger partial charge in [-0.25, -0.2) is 8.42 Å². The highest BCUT2D eigenvalue weighted by atomic mass is 32.2. The van der Waals surface area contributed by atoms with Gasteiger partial charge in [0.25, 0.3) is 0 Å². The van der Waals surface area contributed by atoms with Crippen LogP contribution in [0.25, 0.3) is 0 Å². The average Bonchev–Trinajstić information content (AvgIpc) is 2.68. The van der Waals surface area contributed by atoms with E-state index in [1.54, 1.807) is 0 Å². The molecule has 21 heavy (non-hydrogen) atoms. The van der Waals surface area contributed by atoms with Crippen LogP contribution < -0.4 is 5.73 Å². The lowest BCUT2D eigenvalue weighted by Gasteiger charge is -2.38. The van der Waals surface area contributed by atoms with E-state index in [2.05, 4.69) is 20.8 Å². The van der Waals surface area contributed by atoms with E-state index in [1.807, 2.05) is 0 Å². The van der Waals surface area contributed by atoms with E-state index in [0.717, 1.165) is 19.1 Å². The third-order valence-corrected chi connectivity index (χ3v) is 7.05. The van der Waals surface area contributed by atoms with Crippen LogP contribution in [0.4, 0.5) is 0 Å². The summed E-state index contributed by atoms with van der Waals surface area (Å²) < 4.78 is 27.9. The standard InChI is InChI=1S/C15H27NO4S/c1-14(2)10-5-7-15(14,3)12(9-10)20-13(17)11(16)6-8-21(4,18)19/h10-12H,5-9,16H2,1-4H3/t10?,11-,12?,15+/m0/s1. The second-order valence-corrected chi connectivity index (χ2v) is 9.82. The quantitative estimate of drug-likeness (QED) is 0.777. The smallest absolute Gasteiger partial charge is 0.323 e. The Morgan fingerprint density at radius 1 is 1.38 bits per heavy atom. The average molecular weight is 317 g/mol. The van der Waals surface area contributed by atoms with Gasteiger partial charge < -0.3 is 10.5 Å². The van der Waals surface area contributed by atoms with Gasteiger partial charge in [0.15, 0.2) is 0 Å². The summed E-state index contributed by atoms with van der Waals surface area (Å²) in [5.41, 5.74) is 5.95. The molecule has 5 nitrogen and oxygen atoms in total. The van der Waals surface area contributed by atoms with Gasteiger partial charge in [-0.15, -0.1) is 0 Å². The number of hydrogen-bond donors (Lipinski definition) is 1. The highest BCUT2D eigenvalue weighted by molar-refractivity contribution is 7.90. The van der Waals surface area contributed by atoms with Crippen molar-refractivity contribution in [2.24, 2.45) is 22.5 Å². The molecule has 0 amide bonds. The van der Waals surface area contributed by atoms with Crippen LogP contribution >= 0.6 is 0 Å². The predicted octanol–water partition coefficient (Wildman–Crippen LogP) is 1.51. The molecule has 0 heterocycles. The summed E-state index contributed by atoms with van der Waals surface area (Å²) >= 11 is 0. The molecule has 0 spiro atoms. The third kappa shape index (κ3) is 2.97. The molecule has 4 atom stereocenters. The Morgan fingerprint density at radius 2 is 2.00 bits per heavy atom. The second-order valence-electron chi connectivity index (χ2n) is 7.56. The Balaban J connectivity index is 1.95. The molecule has 2 saturated carbocycles. The molecule has 0 saturated heterocycles. The van der Waals surface area contributed by atoms with E-state index in [0.29, 0.717) is 5.92 Å². The molecule has 0 aromatic rings. The van der Waals surface area contributed by atoms with Crippen molar-refractivity contribution in [3.8, 4) is 0 Å². The summed E-state index contributed by atoms with van der Waals surface area (Å²) in [6, 6.07) is -0.856. The first-order valence-electron chi connectivity index (χ1n) is 7.61. The fourth-order valence-corrected chi connectivity index (χ4v) is 4.68. The minimum Gasteiger partial charge on any atom is -0.461 e. The topological polar surface area (TPSA) is 86.5 Å². The van der Waals surface area contributed by atoms with Crippen molar-refractivity contribution in [3.63, 3.8) is 0 Å². The molecular formula is C15H27NO4S. The Morgan fingerprint density at radius 3 is 2.43 bits per heavy atom. The van der Waals surface area contributed by atoms with Gasteiger partial charge >= 0.3 is 5.97 Å². The van der Waals surface area contributed by atoms with Gasteiger partial charge in [0, 0.05) is 11.7 Å². The maximum absolute atomic E-state index is 12.1. The summed E-state index contributed by atoms with van der Waals surface area (Å²) in [5, 5.41) is 0. The Bertz CT molecular complexity index is 528. The third-order valence-electron chi connectivity index (χ3n) is 6.07. The van der Waals surface area contributed by atoms with Gasteiger partial charge in [0.05, 0.1) is 5.75 Å². The zero-order valence-electron chi connectivity index (χ0n) is 13.4. The van der Waals surface area contributed by atoms with E-state index in [-0.39, 0.29) is 29.1 Å². The van der Waals surface area contributed by atoms with Gasteiger partial charge in [-0.3, -0.25) is 4.79 Å². The van der Waals surface area contributed by atoms with Crippen molar-refractivity contribution in [2.45, 2.75) is 58.6 Å². The number of nitrogens with two attached hydrogens (primary N) is 1. The lowest BCUT2D eigenvalue weighted by atomic mass is 9.70. The fraction of sp³-hybridized carbons (Fsp3) is 0.933. The van der Waals surface area contributed by atoms with Crippen LogP contribution in [0.15, 0.2) is 0 Å². The van der Waals surface area contributed by atoms with Gasteiger partial charge in [-0.1, -0.05) is 20.8 Å².